The molecular weight excluding hydrogens is 214 g/mol. The Kier molecular flexibility index (Phi) is 2.22. The second-order valence-corrected chi connectivity index (χ2v) is 5.13. The summed E-state index contributed by atoms with van der Waals surface area (Å²) in [6.45, 7) is 0.899. The lowest BCUT2D eigenvalue weighted by atomic mass is 10.1. The number of rotatable bonds is 1. The molecule has 4 heteroatoms. The van der Waals surface area contributed by atoms with Crippen LogP contribution in [0.4, 0.5) is 0 Å². The highest BCUT2D eigenvalue weighted by Crippen LogP contribution is 2.38. The Morgan fingerprint density at radius 1 is 1.53 bits per heavy atom. The minimum atomic E-state index is 0.0844. The van der Waals surface area contributed by atoms with Crippen molar-refractivity contribution >= 4 is 5.91 Å². The highest BCUT2D eigenvalue weighted by Gasteiger charge is 2.40. The second kappa shape index (κ2) is 3.63. The van der Waals surface area contributed by atoms with E-state index in [0.29, 0.717) is 23.2 Å². The third-order valence-corrected chi connectivity index (χ3v) is 4.02. The number of likely N-dealkylation sites (tertiary alicyclic amines) is 1. The second-order valence-electron chi connectivity index (χ2n) is 5.13. The summed E-state index contributed by atoms with van der Waals surface area (Å²) in [6.07, 6.45) is 5.29. The lowest BCUT2D eigenvalue weighted by Gasteiger charge is -2.27. The van der Waals surface area contributed by atoms with Gasteiger partial charge in [-0.25, -0.2) is 0 Å². The summed E-state index contributed by atoms with van der Waals surface area (Å²) in [5.41, 5.74) is 1.19. The van der Waals surface area contributed by atoms with E-state index >= 15 is 0 Å². The van der Waals surface area contributed by atoms with Gasteiger partial charge in [-0.3, -0.25) is 4.79 Å². The molecule has 1 saturated carbocycles. The molecule has 1 saturated heterocycles. The number of amides is 1. The van der Waals surface area contributed by atoms with Crippen LogP contribution in [-0.4, -0.2) is 28.0 Å². The largest absolute Gasteiger partial charge is 0.345 e. The van der Waals surface area contributed by atoms with Crippen molar-refractivity contribution in [3.8, 4) is 6.07 Å². The molecule has 0 N–H and O–H groups in total. The zero-order valence-electron chi connectivity index (χ0n) is 9.89. The van der Waals surface area contributed by atoms with E-state index in [2.05, 4.69) is 6.07 Å². The number of nitriles is 1. The first-order valence-corrected chi connectivity index (χ1v) is 6.06. The normalized spacial score (nSPS) is 26.2. The van der Waals surface area contributed by atoms with Gasteiger partial charge in [-0.2, -0.15) is 5.26 Å². The van der Waals surface area contributed by atoms with Crippen molar-refractivity contribution in [3.05, 3.63) is 23.5 Å². The molecule has 3 rings (SSSR count). The van der Waals surface area contributed by atoms with Gasteiger partial charge in [-0.1, -0.05) is 0 Å². The summed E-state index contributed by atoms with van der Waals surface area (Å²) in [5.74, 6) is 0.792. The topological polar surface area (TPSA) is 49.0 Å². The first kappa shape index (κ1) is 10.4. The Morgan fingerprint density at radius 2 is 2.35 bits per heavy atom. The minimum absolute atomic E-state index is 0.0844. The fourth-order valence-electron chi connectivity index (χ4n) is 3.16. The molecule has 2 bridgehead atoms. The van der Waals surface area contributed by atoms with E-state index < -0.39 is 0 Å². The first-order valence-electron chi connectivity index (χ1n) is 6.06. The van der Waals surface area contributed by atoms with Crippen LogP contribution in [0.5, 0.6) is 0 Å². The maximum atomic E-state index is 12.4. The molecule has 1 aromatic rings. The van der Waals surface area contributed by atoms with Crippen LogP contribution in [-0.2, 0) is 7.05 Å². The van der Waals surface area contributed by atoms with Crippen molar-refractivity contribution in [2.75, 3.05) is 6.54 Å². The lowest BCUT2D eigenvalue weighted by molar-refractivity contribution is 0.0694. The number of nitrogens with zero attached hydrogens (tertiary/aromatic N) is 3. The van der Waals surface area contributed by atoms with Crippen molar-refractivity contribution in [1.29, 1.82) is 5.26 Å². The average molecular weight is 229 g/mol. The molecule has 2 aliphatic rings. The summed E-state index contributed by atoms with van der Waals surface area (Å²) in [5, 5.41) is 8.84. The molecule has 2 fully saturated rings. The molecule has 4 nitrogen and oxygen atoms in total. The molecule has 2 heterocycles. The number of carbonyl (C=O) groups excluding carboxylic acids is 1. The predicted octanol–water partition coefficient (Wildman–Crippen LogP) is 1.52. The maximum absolute atomic E-state index is 12.4. The molecule has 0 aromatic carbocycles. The van der Waals surface area contributed by atoms with E-state index in [0.717, 1.165) is 13.0 Å². The van der Waals surface area contributed by atoms with E-state index in [-0.39, 0.29) is 5.91 Å². The summed E-state index contributed by atoms with van der Waals surface area (Å²) in [4.78, 5) is 14.4. The molecule has 1 aliphatic heterocycles. The van der Waals surface area contributed by atoms with Gasteiger partial charge >= 0.3 is 0 Å². The van der Waals surface area contributed by atoms with Gasteiger partial charge in [0.25, 0.3) is 5.91 Å². The zero-order chi connectivity index (χ0) is 12.0. The Hall–Kier alpha value is -1.76. The van der Waals surface area contributed by atoms with Gasteiger partial charge in [0.15, 0.2) is 0 Å². The molecule has 2 atom stereocenters. The van der Waals surface area contributed by atoms with Crippen LogP contribution in [0.2, 0.25) is 0 Å². The Morgan fingerprint density at radius 3 is 2.88 bits per heavy atom. The highest BCUT2D eigenvalue weighted by molar-refractivity contribution is 5.93. The molecule has 0 spiro atoms. The monoisotopic (exact) mass is 229 g/mol. The number of piperidine rings is 1. The molecule has 17 heavy (non-hydrogen) atoms. The average Bonchev–Trinajstić information content (AvgIpc) is 3.01. The molecule has 1 aliphatic carbocycles. The smallest absolute Gasteiger partial charge is 0.270 e. The van der Waals surface area contributed by atoms with Crippen molar-refractivity contribution in [2.24, 2.45) is 13.0 Å². The fraction of sp³-hybridized carbons (Fsp3) is 0.538. The number of aryl methyl sites for hydroxylation is 1. The minimum Gasteiger partial charge on any atom is -0.345 e. The van der Waals surface area contributed by atoms with Crippen LogP contribution in [0.25, 0.3) is 0 Å². The Balaban J connectivity index is 1.87. The van der Waals surface area contributed by atoms with Gasteiger partial charge in [-0.15, -0.1) is 0 Å². The van der Waals surface area contributed by atoms with Gasteiger partial charge in [0.2, 0.25) is 0 Å². The quantitative estimate of drug-likeness (QED) is 0.733. The number of carbonyl (C=O) groups is 1. The maximum Gasteiger partial charge on any atom is 0.270 e. The summed E-state index contributed by atoms with van der Waals surface area (Å²) in [6, 6.07) is 4.20. The van der Waals surface area contributed by atoms with Gasteiger partial charge in [0.05, 0.1) is 5.56 Å². The summed E-state index contributed by atoms with van der Waals surface area (Å²) >= 11 is 0. The summed E-state index contributed by atoms with van der Waals surface area (Å²) < 4.78 is 1.76. The van der Waals surface area contributed by atoms with Crippen LogP contribution < -0.4 is 0 Å². The van der Waals surface area contributed by atoms with Gasteiger partial charge in [0.1, 0.15) is 11.8 Å². The first-order chi connectivity index (χ1) is 8.19. The number of aromatic nitrogens is 1. The molecular formula is C13H15N3O. The van der Waals surface area contributed by atoms with Crippen LogP contribution in [0.15, 0.2) is 12.3 Å². The summed E-state index contributed by atoms with van der Waals surface area (Å²) in [7, 11) is 1.82. The van der Waals surface area contributed by atoms with Crippen LogP contribution in [0.1, 0.15) is 35.3 Å². The van der Waals surface area contributed by atoms with E-state index in [4.69, 9.17) is 5.26 Å². The standard InChI is InChI=1S/C13H15N3O/c1-15-7-10(6-14)5-12(15)13(17)16-8-9-2-3-11(16)4-9/h5,7,9,11H,2-4,8H2,1H3. The van der Waals surface area contributed by atoms with Crippen molar-refractivity contribution < 1.29 is 4.79 Å². The Bertz CT molecular complexity index is 511. The lowest BCUT2D eigenvalue weighted by Crippen LogP contribution is -2.38. The highest BCUT2D eigenvalue weighted by atomic mass is 16.2. The van der Waals surface area contributed by atoms with Crippen molar-refractivity contribution in [1.82, 2.24) is 9.47 Å². The third-order valence-electron chi connectivity index (χ3n) is 4.02. The van der Waals surface area contributed by atoms with Crippen LogP contribution in [0, 0.1) is 17.2 Å². The van der Waals surface area contributed by atoms with Crippen LogP contribution in [0.3, 0.4) is 0 Å². The SMILES string of the molecule is Cn1cc(C#N)cc1C(=O)N1CC2CCC1C2. The molecule has 1 aromatic heterocycles. The van der Waals surface area contributed by atoms with Gasteiger partial charge < -0.3 is 9.47 Å². The third kappa shape index (κ3) is 1.54. The van der Waals surface area contributed by atoms with Crippen molar-refractivity contribution in [3.63, 3.8) is 0 Å². The van der Waals surface area contributed by atoms with Crippen molar-refractivity contribution in [2.45, 2.75) is 25.3 Å². The molecule has 0 radical (unpaired) electrons. The number of hydrogen-bond donors (Lipinski definition) is 0. The van der Waals surface area contributed by atoms with Gasteiger partial charge in [-0.05, 0) is 31.2 Å². The fourth-order valence-corrected chi connectivity index (χ4v) is 3.16. The molecule has 88 valence electrons. The Labute approximate surface area is 100 Å². The van der Waals surface area contributed by atoms with E-state index in [1.165, 1.54) is 12.8 Å². The molecule has 2 unspecified atom stereocenters. The zero-order valence-corrected chi connectivity index (χ0v) is 9.89. The molecule has 1 amide bonds. The van der Waals surface area contributed by atoms with Gasteiger partial charge in [0, 0.05) is 25.8 Å². The van der Waals surface area contributed by atoms with E-state index in [9.17, 15) is 4.79 Å². The number of fused-ring (bicyclic) bond motifs is 2. The van der Waals surface area contributed by atoms with E-state index in [1.54, 1.807) is 16.8 Å². The number of hydrogen-bond acceptors (Lipinski definition) is 2. The van der Waals surface area contributed by atoms with Crippen LogP contribution >= 0.6 is 0 Å². The van der Waals surface area contributed by atoms with E-state index in [1.807, 2.05) is 11.9 Å². The predicted molar refractivity (Wildman–Crippen MR) is 62.3 cm³/mol.